The van der Waals surface area contributed by atoms with Gasteiger partial charge < -0.3 is 9.80 Å². The molecule has 0 saturated carbocycles. The van der Waals surface area contributed by atoms with Gasteiger partial charge in [-0.3, -0.25) is 14.9 Å². The Kier molecular flexibility index (Phi) is 4.73. The molecule has 0 spiro atoms. The molecular weight excluding hydrogens is 354 g/mol. The zero-order chi connectivity index (χ0) is 19.8. The van der Waals surface area contributed by atoms with Gasteiger partial charge >= 0.3 is 0 Å². The molecule has 2 aromatic carbocycles. The van der Waals surface area contributed by atoms with E-state index < -0.39 is 4.92 Å². The molecule has 1 N–H and O–H groups in total. The maximum absolute atomic E-state index is 13.1. The average molecular weight is 378 g/mol. The topological polar surface area (TPSA) is 67.9 Å². The van der Waals surface area contributed by atoms with Crippen LogP contribution in [0.2, 0.25) is 0 Å². The quantitative estimate of drug-likeness (QED) is 0.506. The summed E-state index contributed by atoms with van der Waals surface area (Å²) in [7, 11) is 2.21. The van der Waals surface area contributed by atoms with Gasteiger partial charge in [-0.25, -0.2) is 0 Å². The Morgan fingerprint density at radius 1 is 1.29 bits per heavy atom. The fraction of sp³-hybridized carbons (Fsp3) is 0.318. The number of rotatable bonds is 3. The number of hydrogen-bond acceptors (Lipinski definition) is 3. The molecule has 144 valence electrons. The van der Waals surface area contributed by atoms with E-state index in [0.717, 1.165) is 25.2 Å². The number of piperidine rings is 1. The van der Waals surface area contributed by atoms with E-state index in [9.17, 15) is 14.9 Å². The first-order chi connectivity index (χ1) is 13.4. The highest BCUT2D eigenvalue weighted by Crippen LogP contribution is 2.43. The largest absolute Gasteiger partial charge is 0.337 e. The number of non-ortho nitro benzene ring substituents is 1. The molecule has 28 heavy (non-hydrogen) atoms. The Bertz CT molecular complexity index is 969. The van der Waals surface area contributed by atoms with Crippen molar-refractivity contribution < 1.29 is 14.6 Å². The summed E-state index contributed by atoms with van der Waals surface area (Å²) < 4.78 is 0. The number of nitro groups is 1. The van der Waals surface area contributed by atoms with Crippen molar-refractivity contribution in [3.05, 3.63) is 75.3 Å². The van der Waals surface area contributed by atoms with Gasteiger partial charge in [0.15, 0.2) is 0 Å². The first kappa shape index (κ1) is 18.4. The maximum Gasteiger partial charge on any atom is 0.270 e. The summed E-state index contributed by atoms with van der Waals surface area (Å²) in [6.07, 6.45) is 4.17. The van der Waals surface area contributed by atoms with Crippen molar-refractivity contribution in [2.24, 2.45) is 0 Å². The minimum Gasteiger partial charge on any atom is -0.337 e. The van der Waals surface area contributed by atoms with Gasteiger partial charge in [0.2, 0.25) is 0 Å². The minimum atomic E-state index is -0.427. The third-order valence-electron chi connectivity index (χ3n) is 5.81. The Morgan fingerprint density at radius 3 is 2.89 bits per heavy atom. The minimum absolute atomic E-state index is 0.0231. The Labute approximate surface area is 164 Å². The molecule has 2 heterocycles. The fourth-order valence-corrected chi connectivity index (χ4v) is 4.48. The van der Waals surface area contributed by atoms with Crippen LogP contribution in [0.25, 0.3) is 6.08 Å². The van der Waals surface area contributed by atoms with Gasteiger partial charge in [-0.2, -0.15) is 0 Å². The summed E-state index contributed by atoms with van der Waals surface area (Å²) in [5.74, 6) is 0.294. The SMILES string of the molecule is Cc1ccc2c(c1)[C@@H]1C[NH+](C)CC[C@H]1N2C(=O)/C=C/c1cccc([N+](=O)[O-])c1. The lowest BCUT2D eigenvalue weighted by atomic mass is 9.89. The summed E-state index contributed by atoms with van der Waals surface area (Å²) in [6.45, 7) is 4.16. The summed E-state index contributed by atoms with van der Waals surface area (Å²) in [6, 6.07) is 12.8. The molecule has 0 bridgehead atoms. The smallest absolute Gasteiger partial charge is 0.270 e. The van der Waals surface area contributed by atoms with Crippen molar-refractivity contribution in [2.75, 3.05) is 25.0 Å². The number of benzene rings is 2. The van der Waals surface area contributed by atoms with E-state index in [1.165, 1.54) is 34.2 Å². The first-order valence-corrected chi connectivity index (χ1v) is 9.61. The normalized spacial score (nSPS) is 23.5. The Morgan fingerprint density at radius 2 is 2.11 bits per heavy atom. The highest BCUT2D eigenvalue weighted by atomic mass is 16.6. The van der Waals surface area contributed by atoms with Crippen LogP contribution in [-0.4, -0.2) is 37.0 Å². The maximum atomic E-state index is 13.1. The fourth-order valence-electron chi connectivity index (χ4n) is 4.48. The number of likely N-dealkylation sites (N-methyl/N-ethyl adjacent to an activating group) is 1. The van der Waals surface area contributed by atoms with Gasteiger partial charge in [0.1, 0.15) is 0 Å². The van der Waals surface area contributed by atoms with Gasteiger partial charge in [0.25, 0.3) is 11.6 Å². The average Bonchev–Trinajstić information content (AvgIpc) is 2.99. The van der Waals surface area contributed by atoms with Crippen LogP contribution in [0.4, 0.5) is 11.4 Å². The summed E-state index contributed by atoms with van der Waals surface area (Å²) in [5.41, 5.74) is 4.15. The zero-order valence-corrected chi connectivity index (χ0v) is 16.1. The van der Waals surface area contributed by atoms with Crippen LogP contribution in [0, 0.1) is 17.0 Å². The number of hydrogen-bond donors (Lipinski definition) is 1. The lowest BCUT2D eigenvalue weighted by molar-refractivity contribution is -0.886. The molecule has 6 heteroatoms. The molecule has 2 aliphatic rings. The monoisotopic (exact) mass is 378 g/mol. The number of nitrogens with one attached hydrogen (secondary N) is 1. The van der Waals surface area contributed by atoms with Gasteiger partial charge in [-0.1, -0.05) is 29.8 Å². The van der Waals surface area contributed by atoms with E-state index in [-0.39, 0.29) is 17.6 Å². The Hall–Kier alpha value is -2.99. The first-order valence-electron chi connectivity index (χ1n) is 9.61. The summed E-state index contributed by atoms with van der Waals surface area (Å²) in [4.78, 5) is 27.1. The molecule has 1 amide bonds. The molecule has 0 radical (unpaired) electrons. The molecule has 1 fully saturated rings. The number of carbonyl (C=O) groups excluding carboxylic acids is 1. The molecule has 3 atom stereocenters. The van der Waals surface area contributed by atoms with E-state index in [0.29, 0.717) is 11.5 Å². The molecule has 0 aromatic heterocycles. The molecular formula is C22H24N3O3+. The van der Waals surface area contributed by atoms with Crippen molar-refractivity contribution in [3.8, 4) is 0 Å². The third kappa shape index (κ3) is 3.31. The van der Waals surface area contributed by atoms with Crippen LogP contribution in [0.3, 0.4) is 0 Å². The van der Waals surface area contributed by atoms with Crippen LogP contribution in [0.1, 0.15) is 29.0 Å². The van der Waals surface area contributed by atoms with Crippen molar-refractivity contribution in [1.82, 2.24) is 0 Å². The van der Waals surface area contributed by atoms with Gasteiger partial charge in [0, 0.05) is 30.3 Å². The molecule has 2 aromatic rings. The molecule has 4 rings (SSSR count). The van der Waals surface area contributed by atoms with Crippen LogP contribution in [0.15, 0.2) is 48.5 Å². The third-order valence-corrected chi connectivity index (χ3v) is 5.81. The number of nitrogens with zero attached hydrogens (tertiary/aromatic N) is 2. The van der Waals surface area contributed by atoms with Crippen LogP contribution < -0.4 is 9.80 Å². The number of carbonyl (C=O) groups is 1. The summed E-state index contributed by atoms with van der Waals surface area (Å²) >= 11 is 0. The number of anilines is 1. The van der Waals surface area contributed by atoms with E-state index in [1.54, 1.807) is 18.2 Å². The van der Waals surface area contributed by atoms with Crippen LogP contribution >= 0.6 is 0 Å². The molecule has 1 unspecified atom stereocenters. The van der Waals surface area contributed by atoms with Gasteiger partial charge in [-0.15, -0.1) is 0 Å². The Balaban J connectivity index is 1.64. The van der Waals surface area contributed by atoms with Crippen LogP contribution in [-0.2, 0) is 4.79 Å². The van der Waals surface area contributed by atoms with Gasteiger partial charge in [0.05, 0.1) is 37.0 Å². The number of quaternary nitrogens is 1. The lowest BCUT2D eigenvalue weighted by Crippen LogP contribution is -3.11. The second kappa shape index (κ2) is 7.20. The predicted molar refractivity (Wildman–Crippen MR) is 109 cm³/mol. The van der Waals surface area contributed by atoms with Crippen molar-refractivity contribution >= 4 is 23.4 Å². The van der Waals surface area contributed by atoms with Gasteiger partial charge in [-0.05, 0) is 30.2 Å². The lowest BCUT2D eigenvalue weighted by Gasteiger charge is -2.34. The van der Waals surface area contributed by atoms with Crippen molar-refractivity contribution in [2.45, 2.75) is 25.3 Å². The molecule has 6 nitrogen and oxygen atoms in total. The predicted octanol–water partition coefficient (Wildman–Crippen LogP) is 2.33. The number of amides is 1. The number of nitro benzene ring substituents is 1. The number of likely N-dealkylation sites (tertiary alicyclic amines) is 1. The highest BCUT2D eigenvalue weighted by molar-refractivity contribution is 6.06. The second-order valence-electron chi connectivity index (χ2n) is 7.83. The van der Waals surface area contributed by atoms with Crippen molar-refractivity contribution in [1.29, 1.82) is 0 Å². The highest BCUT2D eigenvalue weighted by Gasteiger charge is 2.45. The zero-order valence-electron chi connectivity index (χ0n) is 16.1. The molecule has 0 aliphatic carbocycles. The standard InChI is InChI=1S/C22H23N3O3/c1-15-6-8-20-18(12-15)19-14-23(2)11-10-21(19)24(20)22(26)9-7-16-4-3-5-17(13-16)25(27)28/h3-9,12-13,19,21H,10-11,14H2,1-2H3/p+1/b9-7+/t19-,21+/m0/s1. The van der Waals surface area contributed by atoms with E-state index >= 15 is 0 Å². The molecule has 2 aliphatic heterocycles. The molecule has 1 saturated heterocycles. The van der Waals surface area contributed by atoms with E-state index in [4.69, 9.17) is 0 Å². The number of aryl methyl sites for hydroxylation is 1. The summed E-state index contributed by atoms with van der Waals surface area (Å²) in [5, 5.41) is 11.0. The second-order valence-corrected chi connectivity index (χ2v) is 7.83. The van der Waals surface area contributed by atoms with Crippen molar-refractivity contribution in [3.63, 3.8) is 0 Å². The van der Waals surface area contributed by atoms with Crippen LogP contribution in [0.5, 0.6) is 0 Å². The van der Waals surface area contributed by atoms with E-state index in [2.05, 4.69) is 32.2 Å². The van der Waals surface area contributed by atoms with E-state index in [1.807, 2.05) is 4.90 Å². The number of fused-ring (bicyclic) bond motifs is 3.